The van der Waals surface area contributed by atoms with Crippen LogP contribution in [0.1, 0.15) is 0 Å². The lowest BCUT2D eigenvalue weighted by atomic mass is 10.3. The van der Waals surface area contributed by atoms with Gasteiger partial charge in [-0.1, -0.05) is 0 Å². The minimum absolute atomic E-state index is 0.344. The van der Waals surface area contributed by atoms with Crippen molar-refractivity contribution < 1.29 is 20.4 Å². The lowest BCUT2D eigenvalue weighted by Gasteiger charge is -2.03. The highest BCUT2D eigenvalue weighted by molar-refractivity contribution is 4.96. The van der Waals surface area contributed by atoms with Crippen LogP contribution in [0.4, 0.5) is 0 Å². The zero-order valence-electron chi connectivity index (χ0n) is 4.86. The Labute approximate surface area is 52.7 Å². The van der Waals surface area contributed by atoms with E-state index < -0.39 is 18.5 Å². The molecule has 0 amide bonds. The van der Waals surface area contributed by atoms with Crippen molar-refractivity contribution in [1.82, 2.24) is 0 Å². The molecule has 1 atom stereocenters. The molecule has 0 saturated heterocycles. The molecule has 0 fully saturated rings. The average molecular weight is 134 g/mol. The normalized spacial score (nSPS) is 15.7. The van der Waals surface area contributed by atoms with Gasteiger partial charge in [-0.2, -0.15) is 0 Å². The first kappa shape index (κ1) is 8.42. The summed E-state index contributed by atoms with van der Waals surface area (Å²) in [5, 5.41) is 33.5. The minimum Gasteiger partial charge on any atom is -0.510 e. The summed E-state index contributed by atoms with van der Waals surface area (Å²) in [4.78, 5) is 0. The SMILES string of the molecule is OC/C=C(\O)[C@@H](O)CO. The molecule has 54 valence electrons. The Morgan fingerprint density at radius 2 is 2.00 bits per heavy atom. The predicted octanol–water partition coefficient (Wildman–Crippen LogP) is -1.23. The highest BCUT2D eigenvalue weighted by atomic mass is 16.3. The summed E-state index contributed by atoms with van der Waals surface area (Å²) < 4.78 is 0. The summed E-state index contributed by atoms with van der Waals surface area (Å²) in [6.07, 6.45) is -0.252. The molecule has 0 aromatic rings. The fourth-order valence-electron chi connectivity index (χ4n) is 0.323. The van der Waals surface area contributed by atoms with E-state index >= 15 is 0 Å². The molecule has 0 aliphatic carbocycles. The summed E-state index contributed by atoms with van der Waals surface area (Å²) in [5.74, 6) is -0.403. The van der Waals surface area contributed by atoms with Crippen LogP contribution >= 0.6 is 0 Å². The number of aliphatic hydroxyl groups is 4. The van der Waals surface area contributed by atoms with Crippen LogP contribution in [0.5, 0.6) is 0 Å². The third-order valence-corrected chi connectivity index (χ3v) is 0.815. The molecule has 4 nitrogen and oxygen atoms in total. The highest BCUT2D eigenvalue weighted by Crippen LogP contribution is 1.94. The van der Waals surface area contributed by atoms with Crippen molar-refractivity contribution in [2.75, 3.05) is 13.2 Å². The highest BCUT2D eigenvalue weighted by Gasteiger charge is 2.04. The molecular weight excluding hydrogens is 124 g/mol. The fourth-order valence-corrected chi connectivity index (χ4v) is 0.323. The Kier molecular flexibility index (Phi) is 4.04. The average Bonchev–Trinajstić information content (AvgIpc) is 1.87. The Bertz CT molecular complexity index is 99.1. The van der Waals surface area contributed by atoms with Crippen molar-refractivity contribution in [1.29, 1.82) is 0 Å². The first-order chi connectivity index (χ1) is 4.22. The van der Waals surface area contributed by atoms with Crippen LogP contribution in [0.3, 0.4) is 0 Å². The number of rotatable bonds is 3. The minimum atomic E-state index is -1.27. The van der Waals surface area contributed by atoms with E-state index in [9.17, 15) is 0 Å². The summed E-state index contributed by atoms with van der Waals surface area (Å²) in [6, 6.07) is 0. The number of hydrogen-bond donors (Lipinski definition) is 4. The van der Waals surface area contributed by atoms with E-state index in [4.69, 9.17) is 20.4 Å². The molecule has 0 rings (SSSR count). The Morgan fingerprint density at radius 3 is 2.33 bits per heavy atom. The molecule has 0 bridgehead atoms. The Morgan fingerprint density at radius 1 is 1.44 bits per heavy atom. The van der Waals surface area contributed by atoms with Gasteiger partial charge in [-0.3, -0.25) is 0 Å². The zero-order chi connectivity index (χ0) is 7.28. The molecule has 4 heteroatoms. The maximum absolute atomic E-state index is 8.61. The molecule has 0 spiro atoms. The summed E-state index contributed by atoms with van der Waals surface area (Å²) in [6.45, 7) is -0.884. The van der Waals surface area contributed by atoms with E-state index in [1.807, 2.05) is 0 Å². The van der Waals surface area contributed by atoms with Crippen LogP contribution in [0.25, 0.3) is 0 Å². The molecule has 0 saturated carbocycles. The van der Waals surface area contributed by atoms with Crippen molar-refractivity contribution >= 4 is 0 Å². The molecule has 4 N–H and O–H groups in total. The first-order valence-corrected chi connectivity index (χ1v) is 2.51. The van der Waals surface area contributed by atoms with E-state index in [0.717, 1.165) is 6.08 Å². The molecule has 0 aromatic heterocycles. The fraction of sp³-hybridized carbons (Fsp3) is 0.600. The summed E-state index contributed by atoms with van der Waals surface area (Å²) in [5.41, 5.74) is 0. The second-order valence-electron chi connectivity index (χ2n) is 1.51. The van der Waals surface area contributed by atoms with Gasteiger partial charge in [-0.15, -0.1) is 0 Å². The Balaban J connectivity index is 3.70. The third kappa shape index (κ3) is 3.07. The lowest BCUT2D eigenvalue weighted by molar-refractivity contribution is 0.0858. The van der Waals surface area contributed by atoms with Crippen molar-refractivity contribution in [3.8, 4) is 0 Å². The maximum Gasteiger partial charge on any atom is 0.133 e. The van der Waals surface area contributed by atoms with Crippen LogP contribution < -0.4 is 0 Å². The van der Waals surface area contributed by atoms with Gasteiger partial charge < -0.3 is 20.4 Å². The Hall–Kier alpha value is -0.580. The van der Waals surface area contributed by atoms with Crippen LogP contribution in [0.2, 0.25) is 0 Å². The van der Waals surface area contributed by atoms with E-state index in [1.165, 1.54) is 0 Å². The number of aliphatic hydroxyl groups excluding tert-OH is 4. The van der Waals surface area contributed by atoms with Crippen LogP contribution in [-0.4, -0.2) is 39.7 Å². The monoisotopic (exact) mass is 134 g/mol. The second kappa shape index (κ2) is 4.31. The van der Waals surface area contributed by atoms with Gasteiger partial charge in [0.15, 0.2) is 0 Å². The molecule has 0 aliphatic rings. The lowest BCUT2D eigenvalue weighted by Crippen LogP contribution is -2.15. The molecule has 0 aliphatic heterocycles. The van der Waals surface area contributed by atoms with Crippen molar-refractivity contribution in [3.05, 3.63) is 11.8 Å². The third-order valence-electron chi connectivity index (χ3n) is 0.815. The van der Waals surface area contributed by atoms with Gasteiger partial charge in [0.2, 0.25) is 0 Å². The zero-order valence-corrected chi connectivity index (χ0v) is 4.86. The van der Waals surface area contributed by atoms with E-state index in [2.05, 4.69) is 0 Å². The quantitative estimate of drug-likeness (QED) is 0.364. The first-order valence-electron chi connectivity index (χ1n) is 2.51. The van der Waals surface area contributed by atoms with Crippen molar-refractivity contribution in [3.63, 3.8) is 0 Å². The molecule has 0 radical (unpaired) electrons. The van der Waals surface area contributed by atoms with Crippen molar-refractivity contribution in [2.45, 2.75) is 6.10 Å². The number of hydrogen-bond acceptors (Lipinski definition) is 4. The standard InChI is InChI=1S/C5H10O4/c6-2-1-4(8)5(9)3-7/h1,5-9H,2-3H2/b4-1-/t5-/m0/s1. The van der Waals surface area contributed by atoms with E-state index in [1.54, 1.807) is 0 Å². The second-order valence-corrected chi connectivity index (χ2v) is 1.51. The van der Waals surface area contributed by atoms with Crippen LogP contribution in [-0.2, 0) is 0 Å². The topological polar surface area (TPSA) is 80.9 Å². The maximum atomic E-state index is 8.61. The van der Waals surface area contributed by atoms with Crippen LogP contribution in [0, 0.1) is 0 Å². The van der Waals surface area contributed by atoms with E-state index in [-0.39, 0.29) is 6.61 Å². The van der Waals surface area contributed by atoms with Crippen LogP contribution in [0.15, 0.2) is 11.8 Å². The van der Waals surface area contributed by atoms with E-state index in [0.29, 0.717) is 0 Å². The molecule has 0 aromatic carbocycles. The molecule has 0 heterocycles. The summed E-state index contributed by atoms with van der Waals surface area (Å²) >= 11 is 0. The van der Waals surface area contributed by atoms with Gasteiger partial charge >= 0.3 is 0 Å². The summed E-state index contributed by atoms with van der Waals surface area (Å²) in [7, 11) is 0. The van der Waals surface area contributed by atoms with Gasteiger partial charge in [0.25, 0.3) is 0 Å². The smallest absolute Gasteiger partial charge is 0.133 e. The molecule has 0 unspecified atom stereocenters. The molecule has 9 heavy (non-hydrogen) atoms. The van der Waals surface area contributed by atoms with Gasteiger partial charge in [-0.25, -0.2) is 0 Å². The molecular formula is C5H10O4. The van der Waals surface area contributed by atoms with Gasteiger partial charge in [0, 0.05) is 0 Å². The largest absolute Gasteiger partial charge is 0.510 e. The predicted molar refractivity (Wildman–Crippen MR) is 30.9 cm³/mol. The van der Waals surface area contributed by atoms with Gasteiger partial charge in [0.1, 0.15) is 11.9 Å². The van der Waals surface area contributed by atoms with Gasteiger partial charge in [0.05, 0.1) is 13.2 Å². The van der Waals surface area contributed by atoms with Crippen molar-refractivity contribution in [2.24, 2.45) is 0 Å². The van der Waals surface area contributed by atoms with Gasteiger partial charge in [-0.05, 0) is 6.08 Å².